The van der Waals surface area contributed by atoms with Gasteiger partial charge in [-0.25, -0.2) is 4.79 Å². The second kappa shape index (κ2) is 9.01. The van der Waals surface area contributed by atoms with Gasteiger partial charge in [-0.15, -0.1) is 0 Å². The molecular formula is C8H17NO2. The molecule has 66 valence electrons. The van der Waals surface area contributed by atoms with Crippen LogP contribution < -0.4 is 0 Å². The molecule has 1 amide bonds. The third-order valence-electron chi connectivity index (χ3n) is 1.08. The van der Waals surface area contributed by atoms with E-state index in [-0.39, 0.29) is 0 Å². The Labute approximate surface area is 68.3 Å². The van der Waals surface area contributed by atoms with Crippen molar-refractivity contribution >= 4 is 6.09 Å². The molecule has 0 aliphatic carbocycles. The highest BCUT2D eigenvalue weighted by atomic mass is 16.4. The summed E-state index contributed by atoms with van der Waals surface area (Å²) in [5.41, 5.74) is 0. The minimum absolute atomic E-state index is 0.972. The summed E-state index contributed by atoms with van der Waals surface area (Å²) in [6, 6.07) is 0. The molecule has 0 aliphatic heterocycles. The Balaban J connectivity index is 0. The molecular weight excluding hydrogens is 142 g/mol. The van der Waals surface area contributed by atoms with Gasteiger partial charge in [0.1, 0.15) is 0 Å². The van der Waals surface area contributed by atoms with E-state index in [0.29, 0.717) is 0 Å². The Bertz CT molecular complexity index is 111. The van der Waals surface area contributed by atoms with Crippen LogP contribution in [-0.2, 0) is 0 Å². The largest absolute Gasteiger partial charge is 0.465 e. The number of rotatable bonds is 2. The fraction of sp³-hybridized carbons (Fsp3) is 0.625. The summed E-state index contributed by atoms with van der Waals surface area (Å²) in [5.74, 6) is 0. The summed E-state index contributed by atoms with van der Waals surface area (Å²) in [5, 5.41) is 8.04. The van der Waals surface area contributed by atoms with Crippen molar-refractivity contribution < 1.29 is 9.90 Å². The summed E-state index contributed by atoms with van der Waals surface area (Å²) < 4.78 is 0. The Morgan fingerprint density at radius 3 is 1.91 bits per heavy atom. The van der Waals surface area contributed by atoms with Crippen LogP contribution in [0.3, 0.4) is 0 Å². The lowest BCUT2D eigenvalue weighted by Gasteiger charge is -2.01. The first-order valence-corrected chi connectivity index (χ1v) is 3.68. The van der Waals surface area contributed by atoms with Crippen molar-refractivity contribution in [2.45, 2.75) is 26.7 Å². The molecule has 0 rings (SSSR count). The fourth-order valence-corrected chi connectivity index (χ4v) is 0.0781. The topological polar surface area (TPSA) is 40.5 Å². The van der Waals surface area contributed by atoms with Crippen molar-refractivity contribution in [2.24, 2.45) is 0 Å². The zero-order valence-electron chi connectivity index (χ0n) is 7.50. The van der Waals surface area contributed by atoms with Gasteiger partial charge < -0.3 is 5.11 Å². The van der Waals surface area contributed by atoms with Gasteiger partial charge in [0.05, 0.1) is 0 Å². The number of hydrogen-bond donors (Lipinski definition) is 1. The molecule has 11 heavy (non-hydrogen) atoms. The first-order chi connectivity index (χ1) is 5.09. The monoisotopic (exact) mass is 159 g/mol. The minimum Gasteiger partial charge on any atom is -0.465 e. The summed E-state index contributed by atoms with van der Waals surface area (Å²) >= 11 is 0. The molecule has 0 atom stereocenters. The second-order valence-electron chi connectivity index (χ2n) is 2.08. The molecule has 0 aliphatic rings. The van der Waals surface area contributed by atoms with Crippen LogP contribution >= 0.6 is 0 Å². The van der Waals surface area contributed by atoms with Crippen LogP contribution in [-0.4, -0.2) is 23.1 Å². The van der Waals surface area contributed by atoms with E-state index < -0.39 is 6.09 Å². The van der Waals surface area contributed by atoms with Gasteiger partial charge in [0.2, 0.25) is 0 Å². The van der Waals surface area contributed by atoms with E-state index in [1.807, 2.05) is 0 Å². The van der Waals surface area contributed by atoms with Gasteiger partial charge in [-0.1, -0.05) is 33.3 Å². The summed E-state index contributed by atoms with van der Waals surface area (Å²) in [6.45, 7) is 7.59. The van der Waals surface area contributed by atoms with Crippen molar-refractivity contribution in [3.63, 3.8) is 0 Å². The number of amides is 1. The molecule has 0 saturated heterocycles. The SMILES string of the molecule is C=CN(C)C(=O)O.CCCC. The molecule has 0 spiro atoms. The lowest BCUT2D eigenvalue weighted by atomic mass is 10.4. The van der Waals surface area contributed by atoms with Crippen LogP contribution in [0.15, 0.2) is 12.8 Å². The average Bonchev–Trinajstić information content (AvgIpc) is 2.03. The third-order valence-corrected chi connectivity index (χ3v) is 1.08. The molecule has 0 radical (unpaired) electrons. The zero-order valence-corrected chi connectivity index (χ0v) is 7.50. The second-order valence-corrected chi connectivity index (χ2v) is 2.08. The summed E-state index contributed by atoms with van der Waals surface area (Å²) in [7, 11) is 1.41. The van der Waals surface area contributed by atoms with Crippen molar-refractivity contribution in [2.75, 3.05) is 7.05 Å². The normalized spacial score (nSPS) is 7.55. The third kappa shape index (κ3) is 12.3. The van der Waals surface area contributed by atoms with E-state index in [9.17, 15) is 4.79 Å². The molecule has 0 fully saturated rings. The van der Waals surface area contributed by atoms with Gasteiger partial charge in [0.15, 0.2) is 0 Å². The van der Waals surface area contributed by atoms with E-state index in [0.717, 1.165) is 4.90 Å². The molecule has 0 aromatic heterocycles. The van der Waals surface area contributed by atoms with Crippen LogP contribution in [0.2, 0.25) is 0 Å². The van der Waals surface area contributed by atoms with E-state index in [1.54, 1.807) is 0 Å². The first kappa shape index (κ1) is 12.7. The number of carbonyl (C=O) groups is 1. The van der Waals surface area contributed by atoms with Crippen molar-refractivity contribution in [1.29, 1.82) is 0 Å². The molecule has 3 nitrogen and oxygen atoms in total. The van der Waals surface area contributed by atoms with Gasteiger partial charge in [-0.2, -0.15) is 0 Å². The maximum absolute atomic E-state index is 9.78. The lowest BCUT2D eigenvalue weighted by Crippen LogP contribution is -2.16. The Morgan fingerprint density at radius 2 is 1.91 bits per heavy atom. The van der Waals surface area contributed by atoms with Crippen molar-refractivity contribution in [1.82, 2.24) is 4.90 Å². The standard InChI is InChI=1S/C4H7NO2.C4H10/c1-3-5(2)4(6)7;1-3-4-2/h3H,1H2,2H3,(H,6,7);3-4H2,1-2H3. The summed E-state index contributed by atoms with van der Waals surface area (Å²) in [6.07, 6.45) is 2.87. The van der Waals surface area contributed by atoms with Gasteiger partial charge in [-0.3, -0.25) is 4.90 Å². The zero-order chi connectivity index (χ0) is 9.28. The number of carboxylic acid groups (broad SMARTS) is 1. The van der Waals surface area contributed by atoms with Gasteiger partial charge >= 0.3 is 6.09 Å². The van der Waals surface area contributed by atoms with Crippen LogP contribution in [0, 0.1) is 0 Å². The fourth-order valence-electron chi connectivity index (χ4n) is 0.0781. The van der Waals surface area contributed by atoms with Crippen LogP contribution in [0.5, 0.6) is 0 Å². The highest BCUT2D eigenvalue weighted by Gasteiger charge is 1.95. The molecule has 0 unspecified atom stereocenters. The van der Waals surface area contributed by atoms with Gasteiger partial charge in [0, 0.05) is 13.2 Å². The molecule has 0 aromatic carbocycles. The number of nitrogens with zero attached hydrogens (tertiary/aromatic N) is 1. The van der Waals surface area contributed by atoms with Crippen LogP contribution in [0.4, 0.5) is 4.79 Å². The first-order valence-electron chi connectivity index (χ1n) is 3.68. The molecule has 1 N–H and O–H groups in total. The van der Waals surface area contributed by atoms with Crippen molar-refractivity contribution in [3.8, 4) is 0 Å². The van der Waals surface area contributed by atoms with E-state index >= 15 is 0 Å². The maximum atomic E-state index is 9.78. The quantitative estimate of drug-likeness (QED) is 0.672. The molecule has 3 heteroatoms. The Hall–Kier alpha value is -0.990. The highest BCUT2D eigenvalue weighted by Crippen LogP contribution is 1.79. The average molecular weight is 159 g/mol. The molecule has 0 bridgehead atoms. The van der Waals surface area contributed by atoms with E-state index in [4.69, 9.17) is 5.11 Å². The Kier molecular flexibility index (Phi) is 10.4. The molecule has 0 saturated carbocycles. The Morgan fingerprint density at radius 1 is 1.55 bits per heavy atom. The smallest absolute Gasteiger partial charge is 0.411 e. The highest BCUT2D eigenvalue weighted by molar-refractivity contribution is 5.65. The predicted molar refractivity (Wildman–Crippen MR) is 46.6 cm³/mol. The predicted octanol–water partition coefficient (Wildman–Crippen LogP) is 2.55. The molecule has 0 heterocycles. The van der Waals surface area contributed by atoms with E-state index in [2.05, 4.69) is 20.4 Å². The van der Waals surface area contributed by atoms with Crippen LogP contribution in [0.25, 0.3) is 0 Å². The number of hydrogen-bond acceptors (Lipinski definition) is 1. The van der Waals surface area contributed by atoms with E-state index in [1.165, 1.54) is 26.1 Å². The lowest BCUT2D eigenvalue weighted by molar-refractivity contribution is 0.170. The summed E-state index contributed by atoms with van der Waals surface area (Å²) in [4.78, 5) is 10.8. The molecule has 0 aromatic rings. The van der Waals surface area contributed by atoms with Crippen LogP contribution in [0.1, 0.15) is 26.7 Å². The van der Waals surface area contributed by atoms with Gasteiger partial charge in [-0.05, 0) is 0 Å². The number of unbranched alkanes of at least 4 members (excludes halogenated alkanes) is 1. The maximum Gasteiger partial charge on any atom is 0.411 e. The minimum atomic E-state index is -0.991. The van der Waals surface area contributed by atoms with Crippen molar-refractivity contribution in [3.05, 3.63) is 12.8 Å². The van der Waals surface area contributed by atoms with Gasteiger partial charge in [0.25, 0.3) is 0 Å².